The Labute approximate surface area is 222 Å². The summed E-state index contributed by atoms with van der Waals surface area (Å²) in [6.07, 6.45) is 0.0588. The highest BCUT2D eigenvalue weighted by Gasteiger charge is 2.32. The summed E-state index contributed by atoms with van der Waals surface area (Å²) in [4.78, 5) is 72.2. The maximum Gasteiger partial charge on any atom is 0.326 e. The minimum Gasteiger partial charge on any atom is -0.508 e. The van der Waals surface area contributed by atoms with Crippen LogP contribution in [0.25, 0.3) is 0 Å². The van der Waals surface area contributed by atoms with Crippen molar-refractivity contribution < 1.29 is 49.2 Å². The van der Waals surface area contributed by atoms with Gasteiger partial charge in [0.05, 0.1) is 12.5 Å². The van der Waals surface area contributed by atoms with E-state index in [0.717, 1.165) is 0 Å². The Hall–Kier alpha value is -3.85. The van der Waals surface area contributed by atoms with Gasteiger partial charge in [0.25, 0.3) is 0 Å². The van der Waals surface area contributed by atoms with E-state index in [1.807, 2.05) is 0 Å². The van der Waals surface area contributed by atoms with E-state index in [4.69, 9.17) is 10.8 Å². The first-order valence-corrected chi connectivity index (χ1v) is 12.8. The molecule has 0 saturated carbocycles. The quantitative estimate of drug-likeness (QED) is 0.114. The van der Waals surface area contributed by atoms with Crippen LogP contribution in [0.3, 0.4) is 0 Å². The standard InChI is InChI=1S/C23H32N4O10S/c1-38-9-8-14(24)20(33)25-15(6-7-18(29)30)21(34)26-16(11-19(31)32)22(35)27-17(23(36)37)10-12-2-4-13(28)5-3-12/h2-5,14-17,28H,6-11,24H2,1H3,(H,25,33)(H,26,34)(H,27,35)(H,29,30)(H,31,32)(H,36,37). The van der Waals surface area contributed by atoms with E-state index in [1.165, 1.54) is 36.0 Å². The molecule has 0 aromatic heterocycles. The molecular formula is C23H32N4O10S. The minimum absolute atomic E-state index is 0.0522. The van der Waals surface area contributed by atoms with Gasteiger partial charge >= 0.3 is 17.9 Å². The number of carbonyl (C=O) groups excluding carboxylic acids is 3. The molecule has 0 aliphatic heterocycles. The van der Waals surface area contributed by atoms with Gasteiger partial charge in [-0.2, -0.15) is 11.8 Å². The number of phenols is 1. The van der Waals surface area contributed by atoms with E-state index < -0.39 is 72.6 Å². The number of hydrogen-bond acceptors (Lipinski definition) is 9. The Bertz CT molecular complexity index is 1000. The molecule has 0 aliphatic rings. The number of phenolic OH excluding ortho intramolecular Hbond substituents is 1. The molecule has 0 spiro atoms. The van der Waals surface area contributed by atoms with Gasteiger partial charge in [0, 0.05) is 12.8 Å². The first-order chi connectivity index (χ1) is 17.8. The van der Waals surface area contributed by atoms with Crippen molar-refractivity contribution in [2.45, 2.75) is 56.3 Å². The number of hydrogen-bond donors (Lipinski definition) is 8. The molecule has 0 aliphatic carbocycles. The van der Waals surface area contributed by atoms with Crippen LogP contribution in [0.4, 0.5) is 0 Å². The second kappa shape index (κ2) is 16.1. The fourth-order valence-electron chi connectivity index (χ4n) is 3.19. The highest BCUT2D eigenvalue weighted by atomic mass is 32.2. The van der Waals surface area contributed by atoms with E-state index in [2.05, 4.69) is 16.0 Å². The van der Waals surface area contributed by atoms with Crippen molar-refractivity contribution in [3.05, 3.63) is 29.8 Å². The van der Waals surface area contributed by atoms with Gasteiger partial charge in [-0.1, -0.05) is 12.1 Å². The van der Waals surface area contributed by atoms with Crippen molar-refractivity contribution in [2.24, 2.45) is 5.73 Å². The van der Waals surface area contributed by atoms with Crippen LogP contribution in [-0.2, 0) is 35.2 Å². The molecule has 1 aromatic carbocycles. The number of carboxylic acids is 3. The smallest absolute Gasteiger partial charge is 0.326 e. The predicted octanol–water partition coefficient (Wildman–Crippen LogP) is -1.11. The lowest BCUT2D eigenvalue weighted by molar-refractivity contribution is -0.143. The zero-order chi connectivity index (χ0) is 28.8. The van der Waals surface area contributed by atoms with Gasteiger partial charge in [0.15, 0.2) is 0 Å². The van der Waals surface area contributed by atoms with E-state index in [-0.39, 0.29) is 25.0 Å². The molecule has 0 saturated heterocycles. The first-order valence-electron chi connectivity index (χ1n) is 11.4. The molecule has 1 rings (SSSR count). The fourth-order valence-corrected chi connectivity index (χ4v) is 3.68. The van der Waals surface area contributed by atoms with Gasteiger partial charge in [0.1, 0.15) is 23.9 Å². The molecule has 4 unspecified atom stereocenters. The maximum absolute atomic E-state index is 12.9. The molecule has 9 N–H and O–H groups in total. The van der Waals surface area contributed by atoms with Gasteiger partial charge in [0.2, 0.25) is 17.7 Å². The summed E-state index contributed by atoms with van der Waals surface area (Å²) >= 11 is 1.44. The summed E-state index contributed by atoms with van der Waals surface area (Å²) in [7, 11) is 0. The molecule has 3 amide bonds. The Morgan fingerprint density at radius 1 is 0.816 bits per heavy atom. The summed E-state index contributed by atoms with van der Waals surface area (Å²) in [6, 6.07) is -0.161. The van der Waals surface area contributed by atoms with Crippen molar-refractivity contribution >= 4 is 47.4 Å². The maximum atomic E-state index is 12.9. The Morgan fingerprint density at radius 3 is 1.89 bits per heavy atom. The first kappa shape index (κ1) is 32.2. The number of carboxylic acid groups (broad SMARTS) is 3. The van der Waals surface area contributed by atoms with Crippen LogP contribution in [0.1, 0.15) is 31.2 Å². The highest BCUT2D eigenvalue weighted by molar-refractivity contribution is 7.98. The van der Waals surface area contributed by atoms with Crippen LogP contribution in [-0.4, -0.2) is 92.2 Å². The van der Waals surface area contributed by atoms with Gasteiger partial charge in [-0.3, -0.25) is 24.0 Å². The number of amides is 3. The van der Waals surface area contributed by atoms with Crippen molar-refractivity contribution in [3.8, 4) is 5.75 Å². The number of thioether (sulfide) groups is 1. The van der Waals surface area contributed by atoms with Crippen LogP contribution < -0.4 is 21.7 Å². The van der Waals surface area contributed by atoms with Crippen LogP contribution >= 0.6 is 11.8 Å². The Kier molecular flexibility index (Phi) is 13.6. The number of nitrogens with two attached hydrogens (primary N) is 1. The molecule has 0 heterocycles. The van der Waals surface area contributed by atoms with Crippen LogP contribution in [0.5, 0.6) is 5.75 Å². The van der Waals surface area contributed by atoms with Gasteiger partial charge in [-0.25, -0.2) is 4.79 Å². The predicted molar refractivity (Wildman–Crippen MR) is 135 cm³/mol. The molecule has 1 aromatic rings. The van der Waals surface area contributed by atoms with E-state index in [1.54, 1.807) is 6.26 Å². The number of carbonyl (C=O) groups is 6. The van der Waals surface area contributed by atoms with Crippen LogP contribution in [0.15, 0.2) is 24.3 Å². The molecule has 38 heavy (non-hydrogen) atoms. The second-order valence-electron chi connectivity index (χ2n) is 8.31. The molecule has 0 fully saturated rings. The summed E-state index contributed by atoms with van der Waals surface area (Å²) in [5, 5.41) is 43.8. The number of aliphatic carboxylic acids is 3. The minimum atomic E-state index is -1.74. The average Bonchev–Trinajstić information content (AvgIpc) is 2.84. The zero-order valence-corrected chi connectivity index (χ0v) is 21.4. The molecule has 0 bridgehead atoms. The van der Waals surface area contributed by atoms with E-state index in [0.29, 0.717) is 11.3 Å². The van der Waals surface area contributed by atoms with E-state index >= 15 is 0 Å². The van der Waals surface area contributed by atoms with Gasteiger partial charge in [-0.05, 0) is 42.5 Å². The molecule has 210 valence electrons. The Morgan fingerprint density at radius 2 is 1.37 bits per heavy atom. The van der Waals surface area contributed by atoms with Crippen LogP contribution in [0.2, 0.25) is 0 Å². The number of aromatic hydroxyl groups is 1. The molecule has 14 nitrogen and oxygen atoms in total. The van der Waals surface area contributed by atoms with Crippen molar-refractivity contribution in [1.29, 1.82) is 0 Å². The Balaban J connectivity index is 3.03. The molecule has 15 heteroatoms. The van der Waals surface area contributed by atoms with Gasteiger partial charge in [-0.15, -0.1) is 0 Å². The van der Waals surface area contributed by atoms with Crippen molar-refractivity contribution in [3.63, 3.8) is 0 Å². The fraction of sp³-hybridized carbons (Fsp3) is 0.478. The lowest BCUT2D eigenvalue weighted by atomic mass is 10.0. The number of rotatable bonds is 17. The SMILES string of the molecule is CSCCC(N)C(=O)NC(CCC(=O)O)C(=O)NC(CC(=O)O)C(=O)NC(Cc1ccc(O)cc1)C(=O)O. The normalized spacial score (nSPS) is 13.8. The highest BCUT2D eigenvalue weighted by Crippen LogP contribution is 2.12. The average molecular weight is 557 g/mol. The third-order valence-electron chi connectivity index (χ3n) is 5.25. The summed E-state index contributed by atoms with van der Waals surface area (Å²) < 4.78 is 0. The topological polar surface area (TPSA) is 245 Å². The van der Waals surface area contributed by atoms with E-state index in [9.17, 15) is 44.1 Å². The second-order valence-corrected chi connectivity index (χ2v) is 9.30. The molecular weight excluding hydrogens is 524 g/mol. The largest absolute Gasteiger partial charge is 0.508 e. The van der Waals surface area contributed by atoms with Crippen LogP contribution in [0, 0.1) is 0 Å². The lowest BCUT2D eigenvalue weighted by Gasteiger charge is -2.24. The summed E-state index contributed by atoms with van der Waals surface area (Å²) in [6.45, 7) is 0. The number of nitrogens with one attached hydrogen (secondary N) is 3. The van der Waals surface area contributed by atoms with Crippen molar-refractivity contribution in [2.75, 3.05) is 12.0 Å². The molecule has 4 atom stereocenters. The third-order valence-corrected chi connectivity index (χ3v) is 5.90. The lowest BCUT2D eigenvalue weighted by Crippen LogP contribution is -2.57. The molecule has 0 radical (unpaired) electrons. The number of benzene rings is 1. The summed E-state index contributed by atoms with van der Waals surface area (Å²) in [5.74, 6) is -6.57. The van der Waals surface area contributed by atoms with Gasteiger partial charge < -0.3 is 42.1 Å². The van der Waals surface area contributed by atoms with Crippen molar-refractivity contribution in [1.82, 2.24) is 16.0 Å². The third kappa shape index (κ3) is 11.9. The summed E-state index contributed by atoms with van der Waals surface area (Å²) in [5.41, 5.74) is 6.24. The monoisotopic (exact) mass is 556 g/mol. The zero-order valence-electron chi connectivity index (χ0n) is 20.6.